The first-order valence-electron chi connectivity index (χ1n) is 7.27. The maximum atomic E-state index is 5.43. The Morgan fingerprint density at radius 1 is 1.30 bits per heavy atom. The third kappa shape index (κ3) is 4.15. The van der Waals surface area contributed by atoms with Crippen LogP contribution in [0.2, 0.25) is 0 Å². The normalized spacial score (nSPS) is 17.9. The fraction of sp³-hybridized carbons (Fsp3) is 0.625. The van der Waals surface area contributed by atoms with Crippen LogP contribution in [0.25, 0.3) is 0 Å². The first-order valence-corrected chi connectivity index (χ1v) is 9.29. The summed E-state index contributed by atoms with van der Waals surface area (Å²) >= 11 is 5.57. The number of halogens is 1. The van der Waals surface area contributed by atoms with Crippen LogP contribution in [0.1, 0.15) is 37.7 Å². The van der Waals surface area contributed by atoms with Gasteiger partial charge in [-0.2, -0.15) is 11.8 Å². The molecule has 0 aromatic heterocycles. The monoisotopic (exact) mass is 357 g/mol. The molecule has 0 unspecified atom stereocenters. The fourth-order valence-corrected chi connectivity index (χ4v) is 4.31. The fourth-order valence-electron chi connectivity index (χ4n) is 2.96. The van der Waals surface area contributed by atoms with Crippen LogP contribution in [-0.2, 0) is 6.54 Å². The Morgan fingerprint density at radius 2 is 2.05 bits per heavy atom. The Balaban J connectivity index is 1.93. The molecule has 0 radical (unpaired) electrons. The van der Waals surface area contributed by atoms with Gasteiger partial charge >= 0.3 is 0 Å². The molecule has 1 aromatic carbocycles. The molecule has 1 aromatic rings. The van der Waals surface area contributed by atoms with E-state index < -0.39 is 0 Å². The molecule has 0 aliphatic heterocycles. The minimum atomic E-state index is 0.442. The molecule has 1 saturated carbocycles. The molecule has 20 heavy (non-hydrogen) atoms. The third-order valence-electron chi connectivity index (χ3n) is 4.20. The van der Waals surface area contributed by atoms with E-state index >= 15 is 0 Å². The molecule has 1 N–H and O–H groups in total. The molecular formula is C16H24BrNOS. The molecule has 0 heterocycles. The summed E-state index contributed by atoms with van der Waals surface area (Å²) in [5.74, 6) is 0.961. The van der Waals surface area contributed by atoms with E-state index in [1.54, 1.807) is 7.11 Å². The number of hydrogen-bond donors (Lipinski definition) is 1. The highest BCUT2D eigenvalue weighted by Gasteiger charge is 2.30. The molecule has 1 fully saturated rings. The van der Waals surface area contributed by atoms with E-state index in [0.29, 0.717) is 4.75 Å². The molecule has 0 amide bonds. The van der Waals surface area contributed by atoms with Gasteiger partial charge in [0.2, 0.25) is 0 Å². The van der Waals surface area contributed by atoms with E-state index in [9.17, 15) is 0 Å². The number of rotatable bonds is 6. The highest BCUT2D eigenvalue weighted by atomic mass is 79.9. The largest absolute Gasteiger partial charge is 0.496 e. The Bertz CT molecular complexity index is 432. The maximum Gasteiger partial charge on any atom is 0.123 e. The second-order valence-corrected chi connectivity index (χ2v) is 7.70. The lowest BCUT2D eigenvalue weighted by Crippen LogP contribution is -2.39. The number of hydrogen-bond acceptors (Lipinski definition) is 3. The molecule has 0 bridgehead atoms. The number of benzene rings is 1. The van der Waals surface area contributed by atoms with E-state index in [1.165, 1.54) is 37.7 Å². The van der Waals surface area contributed by atoms with Crippen molar-refractivity contribution in [2.75, 3.05) is 19.9 Å². The van der Waals surface area contributed by atoms with Gasteiger partial charge < -0.3 is 10.1 Å². The van der Waals surface area contributed by atoms with Crippen molar-refractivity contribution in [2.45, 2.75) is 43.4 Å². The van der Waals surface area contributed by atoms with E-state index in [1.807, 2.05) is 23.9 Å². The number of methoxy groups -OCH3 is 1. The zero-order valence-electron chi connectivity index (χ0n) is 12.4. The van der Waals surface area contributed by atoms with Gasteiger partial charge in [0.15, 0.2) is 0 Å². The molecular weight excluding hydrogens is 334 g/mol. The average molecular weight is 358 g/mol. The molecule has 1 aliphatic carbocycles. The van der Waals surface area contributed by atoms with Crippen LogP contribution in [-0.4, -0.2) is 24.7 Å². The molecule has 4 heteroatoms. The SMILES string of the molecule is COc1ccc(Br)cc1CNCC1(SC)CCCCC1. The minimum Gasteiger partial charge on any atom is -0.496 e. The van der Waals surface area contributed by atoms with E-state index in [0.717, 1.165) is 23.3 Å². The molecule has 0 saturated heterocycles. The Kier molecular flexibility index (Phi) is 6.24. The van der Waals surface area contributed by atoms with Gasteiger partial charge in [0.1, 0.15) is 5.75 Å². The Hall–Kier alpha value is -0.190. The second-order valence-electron chi connectivity index (χ2n) is 5.51. The minimum absolute atomic E-state index is 0.442. The summed E-state index contributed by atoms with van der Waals surface area (Å²) in [5.41, 5.74) is 1.22. The van der Waals surface area contributed by atoms with Gasteiger partial charge in [-0.25, -0.2) is 0 Å². The summed E-state index contributed by atoms with van der Waals surface area (Å²) < 4.78 is 6.97. The topological polar surface area (TPSA) is 21.3 Å². The number of nitrogens with one attached hydrogen (secondary N) is 1. The smallest absolute Gasteiger partial charge is 0.123 e. The Morgan fingerprint density at radius 3 is 2.70 bits per heavy atom. The summed E-state index contributed by atoms with van der Waals surface area (Å²) in [4.78, 5) is 0. The standard InChI is InChI=1S/C16H24BrNOS/c1-19-15-7-6-14(17)10-13(15)11-18-12-16(20-2)8-4-3-5-9-16/h6-7,10,18H,3-5,8-9,11-12H2,1-2H3. The van der Waals surface area contributed by atoms with Crippen LogP contribution in [0.5, 0.6) is 5.75 Å². The van der Waals surface area contributed by atoms with Gasteiger partial charge in [-0.05, 0) is 37.3 Å². The van der Waals surface area contributed by atoms with Crippen molar-refractivity contribution in [1.29, 1.82) is 0 Å². The number of thioether (sulfide) groups is 1. The molecule has 0 spiro atoms. The lowest BCUT2D eigenvalue weighted by molar-refractivity contribution is 0.375. The van der Waals surface area contributed by atoms with Crippen molar-refractivity contribution in [2.24, 2.45) is 0 Å². The zero-order chi connectivity index (χ0) is 14.4. The van der Waals surface area contributed by atoms with Crippen LogP contribution in [0.3, 0.4) is 0 Å². The molecule has 112 valence electrons. The van der Waals surface area contributed by atoms with Gasteiger partial charge in [-0.15, -0.1) is 0 Å². The van der Waals surface area contributed by atoms with Crippen molar-refractivity contribution in [3.05, 3.63) is 28.2 Å². The van der Waals surface area contributed by atoms with E-state index in [4.69, 9.17) is 4.74 Å². The highest BCUT2D eigenvalue weighted by molar-refractivity contribution is 9.10. The predicted molar refractivity (Wildman–Crippen MR) is 91.7 cm³/mol. The van der Waals surface area contributed by atoms with Crippen molar-refractivity contribution in [3.8, 4) is 5.75 Å². The van der Waals surface area contributed by atoms with Gasteiger partial charge in [-0.3, -0.25) is 0 Å². The van der Waals surface area contributed by atoms with Crippen molar-refractivity contribution in [3.63, 3.8) is 0 Å². The molecule has 0 atom stereocenters. The molecule has 2 rings (SSSR count). The lowest BCUT2D eigenvalue weighted by atomic mass is 9.88. The quantitative estimate of drug-likeness (QED) is 0.802. The molecule has 1 aliphatic rings. The third-order valence-corrected chi connectivity index (χ3v) is 6.11. The molecule has 2 nitrogen and oxygen atoms in total. The van der Waals surface area contributed by atoms with Crippen LogP contribution in [0.4, 0.5) is 0 Å². The van der Waals surface area contributed by atoms with Gasteiger partial charge in [-0.1, -0.05) is 35.2 Å². The van der Waals surface area contributed by atoms with Crippen LogP contribution >= 0.6 is 27.7 Å². The van der Waals surface area contributed by atoms with E-state index in [-0.39, 0.29) is 0 Å². The summed E-state index contributed by atoms with van der Waals surface area (Å²) in [7, 11) is 1.73. The first kappa shape index (κ1) is 16.2. The Labute approximate surface area is 135 Å². The number of ether oxygens (including phenoxy) is 1. The van der Waals surface area contributed by atoms with Gasteiger partial charge in [0.25, 0.3) is 0 Å². The van der Waals surface area contributed by atoms with Crippen LogP contribution < -0.4 is 10.1 Å². The zero-order valence-corrected chi connectivity index (χ0v) is 14.8. The second kappa shape index (κ2) is 7.71. The summed E-state index contributed by atoms with van der Waals surface area (Å²) in [6, 6.07) is 6.18. The van der Waals surface area contributed by atoms with Crippen LogP contribution in [0, 0.1) is 0 Å². The van der Waals surface area contributed by atoms with Crippen molar-refractivity contribution in [1.82, 2.24) is 5.32 Å². The first-order chi connectivity index (χ1) is 9.69. The van der Waals surface area contributed by atoms with Crippen molar-refractivity contribution >= 4 is 27.7 Å². The van der Waals surface area contributed by atoms with Gasteiger partial charge in [0, 0.05) is 27.9 Å². The maximum absolute atomic E-state index is 5.43. The lowest BCUT2D eigenvalue weighted by Gasteiger charge is -2.36. The summed E-state index contributed by atoms with van der Waals surface area (Å²) in [6.07, 6.45) is 9.10. The average Bonchev–Trinajstić information content (AvgIpc) is 2.48. The predicted octanol–water partition coefficient (Wildman–Crippen LogP) is 4.61. The van der Waals surface area contributed by atoms with Gasteiger partial charge in [0.05, 0.1) is 7.11 Å². The highest BCUT2D eigenvalue weighted by Crippen LogP contribution is 2.38. The van der Waals surface area contributed by atoms with E-state index in [2.05, 4.69) is 33.6 Å². The summed E-state index contributed by atoms with van der Waals surface area (Å²) in [5, 5.41) is 3.64. The van der Waals surface area contributed by atoms with Crippen LogP contribution in [0.15, 0.2) is 22.7 Å². The van der Waals surface area contributed by atoms with Crippen molar-refractivity contribution < 1.29 is 4.74 Å². The summed E-state index contributed by atoms with van der Waals surface area (Å²) in [6.45, 7) is 1.95.